The van der Waals surface area contributed by atoms with Crippen LogP contribution in [0.15, 0.2) is 77.4 Å². The molecule has 0 radical (unpaired) electrons. The molecule has 2 heterocycles. The lowest BCUT2D eigenvalue weighted by atomic mass is 10.1. The molecule has 2 aromatic heterocycles. The molecular weight excluding hydrogens is 414 g/mol. The monoisotopic (exact) mass is 433 g/mol. The van der Waals surface area contributed by atoms with Gasteiger partial charge in [0, 0.05) is 11.9 Å². The summed E-state index contributed by atoms with van der Waals surface area (Å²) < 4.78 is 2.77. The van der Waals surface area contributed by atoms with E-state index in [1.807, 2.05) is 96.1 Å². The molecule has 0 saturated heterocycles. The van der Waals surface area contributed by atoms with Gasteiger partial charge >= 0.3 is 0 Å². The summed E-state index contributed by atoms with van der Waals surface area (Å²) in [5.41, 5.74) is 5.03. The summed E-state index contributed by atoms with van der Waals surface area (Å²) in [6, 6.07) is 21.8. The van der Waals surface area contributed by atoms with E-state index in [1.54, 1.807) is 0 Å². The Bertz CT molecular complexity index is 1140. The van der Waals surface area contributed by atoms with Crippen molar-refractivity contribution >= 4 is 33.2 Å². The van der Waals surface area contributed by atoms with Crippen LogP contribution >= 0.6 is 15.9 Å². The third-order valence-corrected chi connectivity index (χ3v) is 5.27. The highest BCUT2D eigenvalue weighted by molar-refractivity contribution is 9.10. The minimum absolute atomic E-state index is 0.0717. The molecule has 28 heavy (non-hydrogen) atoms. The van der Waals surface area contributed by atoms with Gasteiger partial charge in [0.2, 0.25) is 0 Å². The van der Waals surface area contributed by atoms with Crippen LogP contribution in [0.1, 0.15) is 27.3 Å². The molecule has 2 aromatic carbocycles. The lowest BCUT2D eigenvalue weighted by Crippen LogP contribution is -2.31. The Balaban J connectivity index is 1.84. The molecule has 0 aliphatic carbocycles. The second kappa shape index (κ2) is 7.60. The smallest absolute Gasteiger partial charge is 0.277 e. The highest BCUT2D eigenvalue weighted by Gasteiger charge is 2.25. The van der Waals surface area contributed by atoms with E-state index in [0.29, 0.717) is 17.9 Å². The van der Waals surface area contributed by atoms with Crippen molar-refractivity contribution in [3.63, 3.8) is 0 Å². The molecule has 0 fully saturated rings. The van der Waals surface area contributed by atoms with Crippen LogP contribution in [0.4, 0.5) is 5.69 Å². The number of benzene rings is 2. The summed E-state index contributed by atoms with van der Waals surface area (Å²) >= 11 is 3.57. The second-order valence-corrected chi connectivity index (χ2v) is 7.67. The fourth-order valence-electron chi connectivity index (χ4n) is 3.39. The van der Waals surface area contributed by atoms with Gasteiger partial charge < -0.3 is 4.90 Å². The molecule has 0 aliphatic rings. The molecule has 1 amide bonds. The minimum Gasteiger partial charge on any atom is -0.303 e. The fraction of sp³-hybridized carbons (Fsp3) is 0.130. The van der Waals surface area contributed by atoms with Gasteiger partial charge in [-0.1, -0.05) is 48.5 Å². The van der Waals surface area contributed by atoms with Gasteiger partial charge in [-0.25, -0.2) is 4.98 Å². The first-order valence-corrected chi connectivity index (χ1v) is 9.89. The SMILES string of the molecule is Cc1cc(Br)c2nc(C)c(C(=O)N(Cc3ccccc3)c3ccccc3)n2c1. The third kappa shape index (κ3) is 3.45. The van der Waals surface area contributed by atoms with Crippen molar-refractivity contribution in [3.8, 4) is 0 Å². The van der Waals surface area contributed by atoms with Crippen LogP contribution in [-0.2, 0) is 6.54 Å². The third-order valence-electron chi connectivity index (χ3n) is 4.69. The number of aromatic nitrogens is 2. The first-order chi connectivity index (χ1) is 13.5. The zero-order chi connectivity index (χ0) is 19.7. The average molecular weight is 434 g/mol. The summed E-state index contributed by atoms with van der Waals surface area (Å²) in [4.78, 5) is 20.2. The highest BCUT2D eigenvalue weighted by Crippen LogP contribution is 2.26. The zero-order valence-electron chi connectivity index (χ0n) is 15.8. The van der Waals surface area contributed by atoms with E-state index < -0.39 is 0 Å². The number of hydrogen-bond donors (Lipinski definition) is 0. The first kappa shape index (κ1) is 18.4. The first-order valence-electron chi connectivity index (χ1n) is 9.10. The molecule has 0 N–H and O–H groups in total. The van der Waals surface area contributed by atoms with Gasteiger partial charge in [0.1, 0.15) is 5.69 Å². The molecule has 4 rings (SSSR count). The van der Waals surface area contributed by atoms with Gasteiger partial charge in [-0.15, -0.1) is 0 Å². The highest BCUT2D eigenvalue weighted by atomic mass is 79.9. The Hall–Kier alpha value is -2.92. The van der Waals surface area contributed by atoms with Crippen LogP contribution in [0.3, 0.4) is 0 Å². The van der Waals surface area contributed by atoms with Crippen LogP contribution in [0.5, 0.6) is 0 Å². The lowest BCUT2D eigenvalue weighted by molar-refractivity contribution is 0.0979. The Labute approximate surface area is 172 Å². The molecule has 4 aromatic rings. The molecule has 140 valence electrons. The molecule has 0 atom stereocenters. The number of amides is 1. The Morgan fingerprint density at radius 1 is 1.04 bits per heavy atom. The maximum atomic E-state index is 13.7. The minimum atomic E-state index is -0.0717. The van der Waals surface area contributed by atoms with Gasteiger partial charge in [-0.3, -0.25) is 9.20 Å². The Kier molecular flexibility index (Phi) is 5.01. The van der Waals surface area contributed by atoms with Crippen molar-refractivity contribution < 1.29 is 4.79 Å². The topological polar surface area (TPSA) is 37.6 Å². The molecule has 5 heteroatoms. The number of hydrogen-bond acceptors (Lipinski definition) is 2. The van der Waals surface area contributed by atoms with E-state index >= 15 is 0 Å². The molecule has 0 unspecified atom stereocenters. The molecule has 0 saturated carbocycles. The van der Waals surface area contributed by atoms with Gasteiger partial charge in [-0.05, 0) is 59.1 Å². The van der Waals surface area contributed by atoms with E-state index in [0.717, 1.165) is 26.9 Å². The predicted molar refractivity (Wildman–Crippen MR) is 116 cm³/mol. The number of pyridine rings is 1. The number of imidazole rings is 1. The lowest BCUT2D eigenvalue weighted by Gasteiger charge is -2.23. The number of para-hydroxylation sites is 1. The Morgan fingerprint density at radius 3 is 2.36 bits per heavy atom. The molecule has 0 spiro atoms. The standard InChI is InChI=1S/C23H20BrN3O/c1-16-13-20(24)22-25-17(2)21(27(22)14-16)23(28)26(19-11-7-4-8-12-19)15-18-9-5-3-6-10-18/h3-14H,15H2,1-2H3. The molecular formula is C23H20BrN3O. The Morgan fingerprint density at radius 2 is 1.68 bits per heavy atom. The number of halogens is 1. The molecule has 0 bridgehead atoms. The number of rotatable bonds is 4. The van der Waals surface area contributed by atoms with Crippen molar-refractivity contribution in [1.29, 1.82) is 0 Å². The quantitative estimate of drug-likeness (QED) is 0.422. The summed E-state index contributed by atoms with van der Waals surface area (Å²) in [6.45, 7) is 4.38. The summed E-state index contributed by atoms with van der Waals surface area (Å²) in [5.74, 6) is -0.0717. The summed E-state index contributed by atoms with van der Waals surface area (Å²) in [5, 5.41) is 0. The van der Waals surface area contributed by atoms with Crippen LogP contribution in [0, 0.1) is 13.8 Å². The number of aryl methyl sites for hydroxylation is 2. The van der Waals surface area contributed by atoms with Crippen LogP contribution < -0.4 is 4.90 Å². The average Bonchev–Trinajstić information content (AvgIpc) is 3.03. The van der Waals surface area contributed by atoms with Crippen LogP contribution in [0.2, 0.25) is 0 Å². The van der Waals surface area contributed by atoms with E-state index in [9.17, 15) is 4.79 Å². The van der Waals surface area contributed by atoms with Gasteiger partial charge in [0.05, 0.1) is 16.7 Å². The fourth-order valence-corrected chi connectivity index (χ4v) is 4.03. The number of nitrogens with zero attached hydrogens (tertiary/aromatic N) is 3. The summed E-state index contributed by atoms with van der Waals surface area (Å²) in [7, 11) is 0. The van der Waals surface area contributed by atoms with Gasteiger partial charge in [0.25, 0.3) is 5.91 Å². The number of carbonyl (C=O) groups is 1. The maximum Gasteiger partial charge on any atom is 0.277 e. The van der Waals surface area contributed by atoms with Crippen molar-refractivity contribution in [2.75, 3.05) is 4.90 Å². The van der Waals surface area contributed by atoms with E-state index in [4.69, 9.17) is 0 Å². The molecule has 4 nitrogen and oxygen atoms in total. The van der Waals surface area contributed by atoms with Gasteiger partial charge in [0.15, 0.2) is 5.65 Å². The number of fused-ring (bicyclic) bond motifs is 1. The van der Waals surface area contributed by atoms with Crippen molar-refractivity contribution in [2.45, 2.75) is 20.4 Å². The number of anilines is 1. The van der Waals surface area contributed by atoms with Crippen LogP contribution in [0.25, 0.3) is 5.65 Å². The normalized spacial score (nSPS) is 11.0. The largest absolute Gasteiger partial charge is 0.303 e. The maximum absolute atomic E-state index is 13.7. The predicted octanol–water partition coefficient (Wildman–Crippen LogP) is 5.56. The van der Waals surface area contributed by atoms with E-state index in [1.165, 1.54) is 0 Å². The van der Waals surface area contributed by atoms with Crippen LogP contribution in [-0.4, -0.2) is 15.3 Å². The molecule has 0 aliphatic heterocycles. The number of carbonyl (C=O) groups excluding carboxylic acids is 1. The van der Waals surface area contributed by atoms with Crippen molar-refractivity contribution in [3.05, 3.63) is 99.9 Å². The zero-order valence-corrected chi connectivity index (χ0v) is 17.3. The second-order valence-electron chi connectivity index (χ2n) is 6.82. The summed E-state index contributed by atoms with van der Waals surface area (Å²) in [6.07, 6.45) is 1.96. The van der Waals surface area contributed by atoms with Gasteiger partial charge in [-0.2, -0.15) is 0 Å². The van der Waals surface area contributed by atoms with E-state index in [2.05, 4.69) is 20.9 Å². The van der Waals surface area contributed by atoms with Crippen molar-refractivity contribution in [1.82, 2.24) is 9.38 Å². The van der Waals surface area contributed by atoms with Crippen molar-refractivity contribution in [2.24, 2.45) is 0 Å². The van der Waals surface area contributed by atoms with E-state index in [-0.39, 0.29) is 5.91 Å².